The average Bonchev–Trinajstić information content (AvgIpc) is 3.89. The third-order valence-corrected chi connectivity index (χ3v) is 9.57. The van der Waals surface area contributed by atoms with Crippen LogP contribution in [0.15, 0.2) is 53.1 Å². The fourth-order valence-electron chi connectivity index (χ4n) is 5.69. The molecule has 11 nitrogen and oxygen atoms in total. The summed E-state index contributed by atoms with van der Waals surface area (Å²) in [6, 6.07) is 8.15. The second-order valence-corrected chi connectivity index (χ2v) is 13.1. The minimum absolute atomic E-state index is 0.433. The fourth-order valence-corrected chi connectivity index (χ4v) is 7.08. The van der Waals surface area contributed by atoms with Crippen molar-refractivity contribution in [3.05, 3.63) is 87.0 Å². The molecule has 0 unspecified atom stereocenters. The van der Waals surface area contributed by atoms with Crippen molar-refractivity contribution in [3.63, 3.8) is 0 Å². The molecule has 0 amide bonds. The molecule has 2 aromatic carbocycles. The first kappa shape index (κ1) is 34.2. The Kier molecular flexibility index (Phi) is 10.3. The molecule has 0 fully saturated rings. The van der Waals surface area contributed by atoms with E-state index < -0.39 is 0 Å². The van der Waals surface area contributed by atoms with E-state index in [1.807, 2.05) is 58.3 Å². The maximum Gasteiger partial charge on any atom is 0.175 e. The van der Waals surface area contributed by atoms with E-state index in [1.165, 1.54) is 5.56 Å². The number of ether oxygens (including phenoxy) is 2. The number of aliphatic imine (C=N–C) groups is 1. The van der Waals surface area contributed by atoms with Crippen molar-refractivity contribution in [2.24, 2.45) is 4.99 Å². The lowest BCUT2D eigenvalue weighted by atomic mass is 10.1. The van der Waals surface area contributed by atoms with E-state index >= 15 is 0 Å². The van der Waals surface area contributed by atoms with Gasteiger partial charge in [-0.25, -0.2) is 9.97 Å². The normalized spacial score (nSPS) is 11.7. The Morgan fingerprint density at radius 2 is 1.47 bits per heavy atom. The second-order valence-electron chi connectivity index (χ2n) is 11.5. The molecule has 0 spiro atoms. The molecule has 8 rings (SSSR count). The van der Waals surface area contributed by atoms with Crippen LogP contribution in [0, 0.1) is 32.5 Å². The molecule has 49 heavy (non-hydrogen) atoms. The Morgan fingerprint density at radius 3 is 2.16 bits per heavy atom. The zero-order chi connectivity index (χ0) is 34.7. The molecule has 0 saturated heterocycles. The lowest BCUT2D eigenvalue weighted by Gasteiger charge is -2.11. The highest BCUT2D eigenvalue weighted by Gasteiger charge is 2.13. The van der Waals surface area contributed by atoms with E-state index in [-0.39, 0.29) is 0 Å². The molecule has 4 N–H and O–H groups in total. The number of imidazole rings is 3. The van der Waals surface area contributed by atoms with Crippen molar-refractivity contribution in [2.45, 2.75) is 50.9 Å². The van der Waals surface area contributed by atoms with Gasteiger partial charge in [-0.3, -0.25) is 15.0 Å². The van der Waals surface area contributed by atoms with Gasteiger partial charge in [0.15, 0.2) is 9.93 Å². The molecule has 0 bridgehead atoms. The number of halogens is 1. The minimum atomic E-state index is 0.433. The summed E-state index contributed by atoms with van der Waals surface area (Å²) in [7, 11) is 3.36. The quantitative estimate of drug-likeness (QED) is 0.0761. The van der Waals surface area contributed by atoms with Crippen molar-refractivity contribution in [1.82, 2.24) is 39.9 Å². The van der Waals surface area contributed by atoms with Crippen LogP contribution < -0.4 is 9.47 Å². The number of nitrogens with zero attached hydrogens (tertiary/aromatic N) is 5. The molecule has 0 radical (unpaired) electrons. The zero-order valence-electron chi connectivity index (χ0n) is 28.0. The van der Waals surface area contributed by atoms with Gasteiger partial charge in [-0.15, -0.1) is 11.6 Å². The molecule has 0 saturated carbocycles. The topological polar surface area (TPSA) is 146 Å². The summed E-state index contributed by atoms with van der Waals surface area (Å²) < 4.78 is 11.4. The largest absolute Gasteiger partial charge is 0.496 e. The number of thioether (sulfide) groups is 1. The van der Waals surface area contributed by atoms with Crippen LogP contribution in [-0.4, -0.2) is 60.3 Å². The number of rotatable bonds is 6. The zero-order valence-corrected chi connectivity index (χ0v) is 30.4. The van der Waals surface area contributed by atoms with Gasteiger partial charge in [0.2, 0.25) is 0 Å². The van der Waals surface area contributed by atoms with Crippen LogP contribution >= 0.6 is 35.6 Å². The molecule has 0 aliphatic carbocycles. The number of hydrogen-bond donors (Lipinski definition) is 4. The van der Waals surface area contributed by atoms with Crippen LogP contribution in [0.3, 0.4) is 0 Å². The van der Waals surface area contributed by atoms with E-state index in [9.17, 15) is 0 Å². The van der Waals surface area contributed by atoms with Crippen molar-refractivity contribution in [3.8, 4) is 11.5 Å². The van der Waals surface area contributed by atoms with Crippen LogP contribution in [0.4, 0.5) is 5.69 Å². The molecular weight excluding hydrogens is 678 g/mol. The van der Waals surface area contributed by atoms with Gasteiger partial charge in [0.1, 0.15) is 11.5 Å². The van der Waals surface area contributed by atoms with Crippen LogP contribution in [-0.2, 0) is 18.1 Å². The Hall–Kier alpha value is -4.72. The number of methoxy groups -OCH3 is 2. The number of H-pyrrole nitrogens is 4. The van der Waals surface area contributed by atoms with Crippen LogP contribution in [0.5, 0.6) is 11.5 Å². The van der Waals surface area contributed by atoms with E-state index in [2.05, 4.69) is 50.9 Å². The first-order valence-electron chi connectivity index (χ1n) is 15.5. The Bertz CT molecular complexity index is 2330. The first-order chi connectivity index (χ1) is 23.7. The summed E-state index contributed by atoms with van der Waals surface area (Å²) in [4.78, 5) is 34.5. The van der Waals surface area contributed by atoms with Gasteiger partial charge in [0, 0.05) is 53.0 Å². The standard InChI is InChI=1S/C17H17N5OS.C9H12ClNO.C9H7N3S/c1-9-6-18-15(10(2)16(9)23-3)7-24-17-21-13-4-11-12(20-8-19-11)5-14(13)22-17;1-6-5-11-8(4-10)7(2)9(6)12-3;13-9-11-7-3-5-1-2-10-6(5)4-8(7)12-9/h4-6,8H,7H2,1-3H3,(H,19,20)(H,21,22);5H,4H2,1-3H3;2-4H,1H2,(H2,11,12,13). The van der Waals surface area contributed by atoms with Gasteiger partial charge in [-0.05, 0) is 69.7 Å². The Morgan fingerprint density at radius 1 is 0.796 bits per heavy atom. The van der Waals surface area contributed by atoms with Crippen LogP contribution in [0.25, 0.3) is 33.1 Å². The second kappa shape index (κ2) is 14.8. The van der Waals surface area contributed by atoms with Crippen molar-refractivity contribution >= 4 is 80.6 Å². The minimum Gasteiger partial charge on any atom is -0.496 e. The van der Waals surface area contributed by atoms with Crippen LogP contribution in [0.2, 0.25) is 0 Å². The summed E-state index contributed by atoms with van der Waals surface area (Å²) in [5.41, 5.74) is 14.4. The molecule has 0 atom stereocenters. The predicted octanol–water partition coefficient (Wildman–Crippen LogP) is 8.68. The van der Waals surface area contributed by atoms with Crippen molar-refractivity contribution < 1.29 is 9.47 Å². The monoisotopic (exact) mass is 713 g/mol. The maximum absolute atomic E-state index is 5.70. The summed E-state index contributed by atoms with van der Waals surface area (Å²) in [5.74, 6) is 2.96. The lowest BCUT2D eigenvalue weighted by molar-refractivity contribution is 0.407. The Balaban J connectivity index is 0.000000140. The fraction of sp³-hybridized carbons (Fsp3) is 0.257. The van der Waals surface area contributed by atoms with Crippen molar-refractivity contribution in [1.29, 1.82) is 0 Å². The summed E-state index contributed by atoms with van der Waals surface area (Å²) in [6.45, 7) is 7.99. The number of aryl methyl sites for hydroxylation is 2. The van der Waals surface area contributed by atoms with Gasteiger partial charge in [-0.2, -0.15) is 0 Å². The van der Waals surface area contributed by atoms with Crippen molar-refractivity contribution in [2.75, 3.05) is 14.2 Å². The maximum atomic E-state index is 5.70. The molecule has 1 aliphatic heterocycles. The number of pyridine rings is 2. The number of fused-ring (bicyclic) bond motifs is 4. The molecule has 252 valence electrons. The van der Waals surface area contributed by atoms with Gasteiger partial charge < -0.3 is 29.4 Å². The number of nitrogens with one attached hydrogen (secondary N) is 4. The first-order valence-corrected chi connectivity index (χ1v) is 17.4. The predicted molar refractivity (Wildman–Crippen MR) is 201 cm³/mol. The van der Waals surface area contributed by atoms with Gasteiger partial charge in [0.05, 0.1) is 76.6 Å². The van der Waals surface area contributed by atoms with E-state index in [0.29, 0.717) is 10.7 Å². The third kappa shape index (κ3) is 7.33. The molecule has 7 aromatic rings. The average molecular weight is 714 g/mol. The summed E-state index contributed by atoms with van der Waals surface area (Å²) in [5, 5.41) is 0.874. The summed E-state index contributed by atoms with van der Waals surface area (Å²) >= 11 is 12.3. The van der Waals surface area contributed by atoms with Gasteiger partial charge in [-0.1, -0.05) is 11.8 Å². The molecule has 1 aliphatic rings. The highest BCUT2D eigenvalue weighted by molar-refractivity contribution is 7.98. The SMILES string of the molecule is COc1c(C)cnc(CCl)c1C.COc1c(C)cnc(CSc2nc3cc4nc[nH]c4cc3[nH]2)c1C.S=c1[nH]c2cc3c(cc2[nH]1)N=CC3. The summed E-state index contributed by atoms with van der Waals surface area (Å²) in [6.07, 6.45) is 8.19. The van der Waals surface area contributed by atoms with Gasteiger partial charge >= 0.3 is 0 Å². The van der Waals surface area contributed by atoms with Gasteiger partial charge in [0.25, 0.3) is 0 Å². The number of alkyl halides is 1. The Labute approximate surface area is 297 Å². The lowest BCUT2D eigenvalue weighted by Crippen LogP contribution is -1.98. The highest BCUT2D eigenvalue weighted by Crippen LogP contribution is 2.30. The molecule has 6 heterocycles. The molecular formula is C35H36ClN9O2S2. The number of benzene rings is 2. The smallest absolute Gasteiger partial charge is 0.175 e. The highest BCUT2D eigenvalue weighted by atomic mass is 35.5. The van der Waals surface area contributed by atoms with Crippen LogP contribution in [0.1, 0.15) is 39.2 Å². The number of aromatic amines is 4. The molecule has 14 heteroatoms. The van der Waals surface area contributed by atoms with E-state index in [0.717, 1.165) is 101 Å². The van der Waals surface area contributed by atoms with E-state index in [4.69, 9.17) is 33.3 Å². The number of hydrogen-bond acceptors (Lipinski definition) is 9. The molecule has 5 aromatic heterocycles. The van der Waals surface area contributed by atoms with E-state index in [1.54, 1.807) is 38.5 Å². The third-order valence-electron chi connectivity index (χ3n) is 8.23. The number of aromatic nitrogens is 8.